The zero-order valence-corrected chi connectivity index (χ0v) is 19.8. The van der Waals surface area contributed by atoms with Crippen LogP contribution in [-0.4, -0.2) is 69.4 Å². The van der Waals surface area contributed by atoms with Gasteiger partial charge in [-0.15, -0.1) is 34.2 Å². The van der Waals surface area contributed by atoms with Gasteiger partial charge in [-0.05, 0) is 39.1 Å². The van der Waals surface area contributed by atoms with Crippen LogP contribution < -0.4 is 10.6 Å². The fourth-order valence-corrected chi connectivity index (χ4v) is 3.24. The molecule has 2 N–H and O–H groups in total. The Bertz CT molecular complexity index is 563. The van der Waals surface area contributed by atoms with Crippen molar-refractivity contribution in [1.82, 2.24) is 30.3 Å². The van der Waals surface area contributed by atoms with E-state index in [2.05, 4.69) is 45.8 Å². The van der Waals surface area contributed by atoms with Crippen molar-refractivity contribution < 1.29 is 0 Å². The predicted molar refractivity (Wildman–Crippen MR) is 122 cm³/mol. The lowest BCUT2D eigenvalue weighted by Gasteiger charge is -2.24. The van der Waals surface area contributed by atoms with Crippen LogP contribution >= 0.6 is 35.7 Å². The van der Waals surface area contributed by atoms with E-state index in [0.29, 0.717) is 17.8 Å². The number of aryl methyl sites for hydroxylation is 1. The summed E-state index contributed by atoms with van der Waals surface area (Å²) in [5.74, 6) is 2.66. The van der Waals surface area contributed by atoms with Crippen LogP contribution in [-0.2, 0) is 13.6 Å². The third-order valence-corrected chi connectivity index (χ3v) is 5.90. The monoisotopic (exact) mass is 495 g/mol. The molecular formula is C17H34IN7S. The summed E-state index contributed by atoms with van der Waals surface area (Å²) in [5.41, 5.74) is 0. The van der Waals surface area contributed by atoms with Crippen molar-refractivity contribution in [3.05, 3.63) is 11.6 Å². The SMILES string of the molecule is CCN1CCCC1CNC(=NCc1nnc(C)n1C)NCC(C)SC.I. The van der Waals surface area contributed by atoms with Gasteiger partial charge in [-0.2, -0.15) is 11.8 Å². The number of thioether (sulfide) groups is 1. The number of aliphatic imine (C=N–C) groups is 1. The summed E-state index contributed by atoms with van der Waals surface area (Å²) >= 11 is 1.85. The summed E-state index contributed by atoms with van der Waals surface area (Å²) in [6, 6.07) is 0.604. The van der Waals surface area contributed by atoms with E-state index in [1.807, 2.05) is 30.3 Å². The molecule has 1 aliphatic heterocycles. The summed E-state index contributed by atoms with van der Waals surface area (Å²) < 4.78 is 1.99. The van der Waals surface area contributed by atoms with Gasteiger partial charge in [0.1, 0.15) is 12.4 Å². The highest BCUT2D eigenvalue weighted by Gasteiger charge is 2.22. The molecule has 1 aromatic heterocycles. The number of rotatable bonds is 8. The molecule has 2 heterocycles. The van der Waals surface area contributed by atoms with Crippen LogP contribution in [0.4, 0.5) is 0 Å². The summed E-state index contributed by atoms with van der Waals surface area (Å²) in [6.45, 7) is 11.1. The molecule has 0 amide bonds. The Labute approximate surface area is 179 Å². The quantitative estimate of drug-likeness (QED) is 0.327. The van der Waals surface area contributed by atoms with Gasteiger partial charge in [-0.3, -0.25) is 4.90 Å². The minimum atomic E-state index is 0. The van der Waals surface area contributed by atoms with E-state index in [9.17, 15) is 0 Å². The predicted octanol–water partition coefficient (Wildman–Crippen LogP) is 2.01. The fourth-order valence-electron chi connectivity index (χ4n) is 2.99. The summed E-state index contributed by atoms with van der Waals surface area (Å²) in [6.07, 6.45) is 4.69. The van der Waals surface area contributed by atoms with Gasteiger partial charge in [0.2, 0.25) is 0 Å². The Morgan fingerprint density at radius 1 is 1.38 bits per heavy atom. The second-order valence-electron chi connectivity index (χ2n) is 6.62. The summed E-state index contributed by atoms with van der Waals surface area (Å²) in [5, 5.41) is 15.8. The molecule has 0 aromatic carbocycles. The Kier molecular flexibility index (Phi) is 10.9. The normalized spacial score (nSPS) is 19.3. The molecule has 0 radical (unpaired) electrons. The number of hydrogen-bond donors (Lipinski definition) is 2. The standard InChI is InChI=1S/C17H33N7S.HI/c1-6-24-9-7-8-15(24)11-19-17(18-10-13(2)25-5)20-12-16-22-21-14(3)23(16)4;/h13,15H,6-12H2,1-5H3,(H2,18,19,20);1H. The summed E-state index contributed by atoms with van der Waals surface area (Å²) in [4.78, 5) is 7.27. The van der Waals surface area contributed by atoms with E-state index in [-0.39, 0.29) is 24.0 Å². The molecule has 26 heavy (non-hydrogen) atoms. The molecule has 1 fully saturated rings. The van der Waals surface area contributed by atoms with Gasteiger partial charge in [0.25, 0.3) is 0 Å². The first-order valence-electron chi connectivity index (χ1n) is 9.19. The highest BCUT2D eigenvalue weighted by atomic mass is 127. The van der Waals surface area contributed by atoms with Crippen molar-refractivity contribution >= 4 is 41.7 Å². The Morgan fingerprint density at radius 2 is 2.15 bits per heavy atom. The molecule has 0 saturated carbocycles. The maximum Gasteiger partial charge on any atom is 0.191 e. The number of aromatic nitrogens is 3. The van der Waals surface area contributed by atoms with Crippen LogP contribution in [0.15, 0.2) is 4.99 Å². The van der Waals surface area contributed by atoms with Gasteiger partial charge in [0.15, 0.2) is 11.8 Å². The Hall–Kier alpha value is -0.550. The second-order valence-corrected chi connectivity index (χ2v) is 7.90. The van der Waals surface area contributed by atoms with Crippen molar-refractivity contribution in [2.24, 2.45) is 12.0 Å². The van der Waals surface area contributed by atoms with E-state index in [1.165, 1.54) is 19.4 Å². The summed E-state index contributed by atoms with van der Waals surface area (Å²) in [7, 11) is 1.98. The lowest BCUT2D eigenvalue weighted by Crippen LogP contribution is -2.46. The van der Waals surface area contributed by atoms with Crippen molar-refractivity contribution in [2.45, 2.75) is 51.4 Å². The van der Waals surface area contributed by atoms with Crippen LogP contribution in [0.25, 0.3) is 0 Å². The first kappa shape index (κ1) is 23.5. The lowest BCUT2D eigenvalue weighted by atomic mass is 10.2. The number of nitrogens with zero attached hydrogens (tertiary/aromatic N) is 5. The zero-order chi connectivity index (χ0) is 18.2. The van der Waals surface area contributed by atoms with Crippen molar-refractivity contribution in [1.29, 1.82) is 0 Å². The molecule has 7 nitrogen and oxygen atoms in total. The molecule has 9 heteroatoms. The van der Waals surface area contributed by atoms with Crippen LogP contribution in [0.2, 0.25) is 0 Å². The molecule has 1 aliphatic rings. The van der Waals surface area contributed by atoms with Gasteiger partial charge in [0, 0.05) is 31.4 Å². The average Bonchev–Trinajstić information content (AvgIpc) is 3.21. The van der Waals surface area contributed by atoms with Crippen LogP contribution in [0.3, 0.4) is 0 Å². The maximum atomic E-state index is 4.73. The van der Waals surface area contributed by atoms with E-state index < -0.39 is 0 Å². The fraction of sp³-hybridized carbons (Fsp3) is 0.824. The Morgan fingerprint density at radius 3 is 2.77 bits per heavy atom. The van der Waals surface area contributed by atoms with Crippen LogP contribution in [0.1, 0.15) is 38.3 Å². The maximum absolute atomic E-state index is 4.73. The van der Waals surface area contributed by atoms with Gasteiger partial charge < -0.3 is 15.2 Å². The molecule has 2 rings (SSSR count). The first-order chi connectivity index (χ1) is 12.0. The largest absolute Gasteiger partial charge is 0.355 e. The molecule has 2 unspecified atom stereocenters. The van der Waals surface area contributed by atoms with E-state index >= 15 is 0 Å². The van der Waals surface area contributed by atoms with Crippen LogP contribution in [0.5, 0.6) is 0 Å². The topological polar surface area (TPSA) is 70.4 Å². The van der Waals surface area contributed by atoms with E-state index in [4.69, 9.17) is 4.99 Å². The lowest BCUT2D eigenvalue weighted by molar-refractivity contribution is 0.267. The molecule has 0 spiro atoms. The third kappa shape index (κ3) is 6.88. The van der Waals surface area contributed by atoms with Gasteiger partial charge in [0.05, 0.1) is 0 Å². The molecule has 0 aliphatic carbocycles. The third-order valence-electron chi connectivity index (χ3n) is 4.93. The first-order valence-corrected chi connectivity index (χ1v) is 10.5. The van der Waals surface area contributed by atoms with Crippen molar-refractivity contribution in [3.8, 4) is 0 Å². The molecule has 0 bridgehead atoms. The van der Waals surface area contributed by atoms with Crippen molar-refractivity contribution in [2.75, 3.05) is 32.4 Å². The average molecular weight is 495 g/mol. The van der Waals surface area contributed by atoms with Crippen LogP contribution in [0, 0.1) is 6.92 Å². The number of halogens is 1. The van der Waals surface area contributed by atoms with E-state index in [0.717, 1.165) is 37.2 Å². The minimum absolute atomic E-state index is 0. The van der Waals surface area contributed by atoms with Gasteiger partial charge in [-0.25, -0.2) is 4.99 Å². The molecular weight excluding hydrogens is 461 g/mol. The highest BCUT2D eigenvalue weighted by Crippen LogP contribution is 2.15. The van der Waals surface area contributed by atoms with Gasteiger partial charge in [-0.1, -0.05) is 13.8 Å². The molecule has 150 valence electrons. The van der Waals surface area contributed by atoms with E-state index in [1.54, 1.807) is 0 Å². The zero-order valence-electron chi connectivity index (χ0n) is 16.7. The number of likely N-dealkylation sites (tertiary alicyclic amines) is 1. The number of likely N-dealkylation sites (N-methyl/N-ethyl adjacent to an activating group) is 1. The number of nitrogens with one attached hydrogen (secondary N) is 2. The smallest absolute Gasteiger partial charge is 0.191 e. The Balaban J connectivity index is 0.00000338. The number of hydrogen-bond acceptors (Lipinski definition) is 5. The van der Waals surface area contributed by atoms with Crippen molar-refractivity contribution in [3.63, 3.8) is 0 Å². The number of guanidine groups is 1. The second kappa shape index (κ2) is 12.0. The van der Waals surface area contributed by atoms with Gasteiger partial charge >= 0.3 is 0 Å². The highest BCUT2D eigenvalue weighted by molar-refractivity contribution is 14.0. The molecule has 1 aromatic rings. The minimum Gasteiger partial charge on any atom is -0.355 e. The molecule has 1 saturated heterocycles. The molecule has 2 atom stereocenters.